The molecule has 5 unspecified atom stereocenters. The first-order valence-electron chi connectivity index (χ1n) is 4.65. The fourth-order valence-corrected chi connectivity index (χ4v) is 1.86. The van der Waals surface area contributed by atoms with E-state index >= 15 is 0 Å². The number of rotatable bonds is 3. The summed E-state index contributed by atoms with van der Waals surface area (Å²) in [6, 6.07) is 0. The molecule has 1 aliphatic rings. The highest BCUT2D eigenvalue weighted by Gasteiger charge is 2.43. The molecule has 0 aliphatic carbocycles. The summed E-state index contributed by atoms with van der Waals surface area (Å²) in [7, 11) is 3.05. The summed E-state index contributed by atoms with van der Waals surface area (Å²) in [5.74, 6) is 0. The Hall–Kier alpha value is -0.200. The van der Waals surface area contributed by atoms with Crippen LogP contribution in [0.25, 0.3) is 0 Å². The van der Waals surface area contributed by atoms with Crippen LogP contribution in [-0.4, -0.2) is 61.6 Å². The van der Waals surface area contributed by atoms with E-state index in [2.05, 4.69) is 0 Å². The Bertz CT molecular complexity index is 175. The van der Waals surface area contributed by atoms with E-state index in [9.17, 15) is 5.11 Å². The van der Waals surface area contributed by atoms with Gasteiger partial charge < -0.3 is 24.4 Å². The minimum Gasteiger partial charge on any atom is -0.394 e. The molecule has 14 heavy (non-hydrogen) atoms. The first kappa shape index (κ1) is 11.9. The molecule has 5 nitrogen and oxygen atoms in total. The quantitative estimate of drug-likeness (QED) is 0.630. The van der Waals surface area contributed by atoms with E-state index in [1.807, 2.05) is 6.92 Å². The second-order valence-electron chi connectivity index (χ2n) is 3.45. The van der Waals surface area contributed by atoms with Crippen LogP contribution in [0.4, 0.5) is 0 Å². The van der Waals surface area contributed by atoms with Gasteiger partial charge in [0, 0.05) is 14.2 Å². The average Bonchev–Trinajstić information content (AvgIpc) is 2.20. The van der Waals surface area contributed by atoms with Crippen LogP contribution >= 0.6 is 0 Å². The summed E-state index contributed by atoms with van der Waals surface area (Å²) in [4.78, 5) is 0. The zero-order chi connectivity index (χ0) is 10.7. The van der Waals surface area contributed by atoms with E-state index in [0.717, 1.165) is 0 Å². The molecule has 5 atom stereocenters. The van der Waals surface area contributed by atoms with Gasteiger partial charge in [-0.1, -0.05) is 0 Å². The SMILES string of the molecule is COC1C(C)OC(CO)C(O)C1OC. The zero-order valence-electron chi connectivity index (χ0n) is 8.71. The Labute approximate surface area is 83.6 Å². The predicted molar refractivity (Wildman–Crippen MR) is 49.0 cm³/mol. The smallest absolute Gasteiger partial charge is 0.114 e. The number of aliphatic hydroxyl groups is 2. The van der Waals surface area contributed by atoms with Gasteiger partial charge >= 0.3 is 0 Å². The van der Waals surface area contributed by atoms with Crippen LogP contribution in [0.3, 0.4) is 0 Å². The van der Waals surface area contributed by atoms with Crippen molar-refractivity contribution in [2.45, 2.75) is 37.4 Å². The Morgan fingerprint density at radius 1 is 1.21 bits per heavy atom. The molecule has 1 heterocycles. The van der Waals surface area contributed by atoms with Crippen molar-refractivity contribution in [3.63, 3.8) is 0 Å². The molecule has 84 valence electrons. The van der Waals surface area contributed by atoms with Gasteiger partial charge in [0.25, 0.3) is 0 Å². The number of hydrogen-bond donors (Lipinski definition) is 2. The minimum absolute atomic E-state index is 0.203. The van der Waals surface area contributed by atoms with E-state index in [1.165, 1.54) is 7.11 Å². The lowest BCUT2D eigenvalue weighted by Crippen LogP contribution is -2.58. The largest absolute Gasteiger partial charge is 0.394 e. The van der Waals surface area contributed by atoms with Crippen molar-refractivity contribution in [1.29, 1.82) is 0 Å². The molecule has 0 aromatic rings. The predicted octanol–water partition coefficient (Wildman–Crippen LogP) is -0.843. The second kappa shape index (κ2) is 5.04. The van der Waals surface area contributed by atoms with Gasteiger partial charge in [0.2, 0.25) is 0 Å². The van der Waals surface area contributed by atoms with Gasteiger partial charge in [-0.2, -0.15) is 0 Å². The highest BCUT2D eigenvalue weighted by molar-refractivity contribution is 4.92. The first-order chi connectivity index (χ1) is 6.65. The third kappa shape index (κ3) is 2.07. The molecule has 0 radical (unpaired) electrons. The number of hydrogen-bond acceptors (Lipinski definition) is 5. The maximum absolute atomic E-state index is 9.76. The van der Waals surface area contributed by atoms with Crippen molar-refractivity contribution in [1.82, 2.24) is 0 Å². The van der Waals surface area contributed by atoms with Crippen LogP contribution in [0, 0.1) is 0 Å². The van der Waals surface area contributed by atoms with Gasteiger partial charge in [-0.25, -0.2) is 0 Å². The normalized spacial score (nSPS) is 43.9. The molecule has 0 spiro atoms. The lowest BCUT2D eigenvalue weighted by atomic mass is 9.95. The molecule has 1 rings (SSSR count). The van der Waals surface area contributed by atoms with Crippen molar-refractivity contribution in [2.24, 2.45) is 0 Å². The molecule has 5 heteroatoms. The van der Waals surface area contributed by atoms with Gasteiger partial charge in [0.1, 0.15) is 24.4 Å². The highest BCUT2D eigenvalue weighted by Crippen LogP contribution is 2.24. The molecule has 0 saturated carbocycles. The molecule has 0 aromatic carbocycles. The standard InChI is InChI=1S/C9H18O5/c1-5-8(12-2)9(13-3)7(11)6(4-10)14-5/h5-11H,4H2,1-3H3. The zero-order valence-corrected chi connectivity index (χ0v) is 8.71. The highest BCUT2D eigenvalue weighted by atomic mass is 16.6. The van der Waals surface area contributed by atoms with Gasteiger partial charge in [-0.3, -0.25) is 0 Å². The molecule has 0 bridgehead atoms. The lowest BCUT2D eigenvalue weighted by molar-refractivity contribution is -0.237. The molecule has 1 fully saturated rings. The Morgan fingerprint density at radius 2 is 1.79 bits per heavy atom. The fourth-order valence-electron chi connectivity index (χ4n) is 1.86. The maximum atomic E-state index is 9.76. The Balaban J connectivity index is 2.73. The third-order valence-corrected chi connectivity index (χ3v) is 2.62. The van der Waals surface area contributed by atoms with E-state index in [-0.39, 0.29) is 18.8 Å². The van der Waals surface area contributed by atoms with Gasteiger partial charge in [-0.15, -0.1) is 0 Å². The monoisotopic (exact) mass is 206 g/mol. The van der Waals surface area contributed by atoms with Crippen LogP contribution in [0.2, 0.25) is 0 Å². The van der Waals surface area contributed by atoms with Crippen molar-refractivity contribution < 1.29 is 24.4 Å². The minimum atomic E-state index is -0.855. The number of methoxy groups -OCH3 is 2. The Morgan fingerprint density at radius 3 is 2.21 bits per heavy atom. The van der Waals surface area contributed by atoms with Crippen molar-refractivity contribution >= 4 is 0 Å². The van der Waals surface area contributed by atoms with Gasteiger partial charge in [-0.05, 0) is 6.92 Å². The molecule has 0 amide bonds. The molecule has 1 aliphatic heterocycles. The number of aliphatic hydroxyl groups excluding tert-OH is 2. The maximum Gasteiger partial charge on any atom is 0.114 e. The molecule has 2 N–H and O–H groups in total. The van der Waals surface area contributed by atoms with Crippen LogP contribution < -0.4 is 0 Å². The molecular weight excluding hydrogens is 188 g/mol. The summed E-state index contributed by atoms with van der Waals surface area (Å²) >= 11 is 0. The van der Waals surface area contributed by atoms with Crippen LogP contribution in [0.5, 0.6) is 0 Å². The number of ether oxygens (including phenoxy) is 3. The van der Waals surface area contributed by atoms with Crippen LogP contribution in [0.15, 0.2) is 0 Å². The van der Waals surface area contributed by atoms with E-state index in [1.54, 1.807) is 7.11 Å². The van der Waals surface area contributed by atoms with Gasteiger partial charge in [0.15, 0.2) is 0 Å². The van der Waals surface area contributed by atoms with Crippen LogP contribution in [0.1, 0.15) is 6.92 Å². The topological polar surface area (TPSA) is 68.2 Å². The summed E-state index contributed by atoms with van der Waals surface area (Å²) in [6.07, 6.45) is -2.42. The summed E-state index contributed by atoms with van der Waals surface area (Å²) < 4.78 is 15.7. The van der Waals surface area contributed by atoms with Crippen molar-refractivity contribution in [3.8, 4) is 0 Å². The first-order valence-corrected chi connectivity index (χ1v) is 4.65. The second-order valence-corrected chi connectivity index (χ2v) is 3.45. The van der Waals surface area contributed by atoms with Crippen LogP contribution in [-0.2, 0) is 14.2 Å². The Kier molecular flexibility index (Phi) is 4.28. The fraction of sp³-hybridized carbons (Fsp3) is 1.00. The van der Waals surface area contributed by atoms with Crippen molar-refractivity contribution in [3.05, 3.63) is 0 Å². The molecule has 0 aromatic heterocycles. The summed E-state index contributed by atoms with van der Waals surface area (Å²) in [5, 5.41) is 18.7. The van der Waals surface area contributed by atoms with E-state index < -0.39 is 18.3 Å². The third-order valence-electron chi connectivity index (χ3n) is 2.62. The van der Waals surface area contributed by atoms with E-state index in [4.69, 9.17) is 19.3 Å². The molecule has 1 saturated heterocycles. The lowest BCUT2D eigenvalue weighted by Gasteiger charge is -2.41. The molecular formula is C9H18O5. The summed E-state index contributed by atoms with van der Waals surface area (Å²) in [5.41, 5.74) is 0. The average molecular weight is 206 g/mol. The van der Waals surface area contributed by atoms with E-state index in [0.29, 0.717) is 0 Å². The van der Waals surface area contributed by atoms with Crippen molar-refractivity contribution in [2.75, 3.05) is 20.8 Å². The summed E-state index contributed by atoms with van der Waals surface area (Å²) in [6.45, 7) is 1.61. The van der Waals surface area contributed by atoms with Gasteiger partial charge in [0.05, 0.1) is 12.7 Å².